The summed E-state index contributed by atoms with van der Waals surface area (Å²) >= 11 is 11.8. The number of amides is 1. The summed E-state index contributed by atoms with van der Waals surface area (Å²) in [6.07, 6.45) is 0. The Hall–Kier alpha value is -2.51. The van der Waals surface area contributed by atoms with Crippen LogP contribution < -0.4 is 10.1 Å². The predicted octanol–water partition coefficient (Wildman–Crippen LogP) is 4.29. The number of carbonyl (C=O) groups excluding carboxylic acids is 3. The number of esters is 1. The molecular weight excluding hydrogens is 397 g/mol. The van der Waals surface area contributed by atoms with Gasteiger partial charge < -0.3 is 13.9 Å². The molecule has 9 heteroatoms. The maximum absolute atomic E-state index is 12.2. The molecular formula is C18H17Cl2NO6. The number of furan rings is 1. The Balaban J connectivity index is 2.18. The standard InChI is InChI=1S/C18H17Cl2NO6/c1-4-25-18(24)16-15(9(2)22)10(3)27-17(16)21-14(23)8-26-13-6-5-11(19)7-12(13)20/h5-7H,4,8H2,1-3H3,(H,21,23). The molecule has 0 spiro atoms. The molecule has 0 radical (unpaired) electrons. The van der Waals surface area contributed by atoms with Crippen LogP contribution in [0.4, 0.5) is 5.88 Å². The lowest BCUT2D eigenvalue weighted by Crippen LogP contribution is -2.22. The van der Waals surface area contributed by atoms with Crippen molar-refractivity contribution in [3.05, 3.63) is 45.1 Å². The lowest BCUT2D eigenvalue weighted by Gasteiger charge is -2.09. The summed E-state index contributed by atoms with van der Waals surface area (Å²) < 4.78 is 15.7. The smallest absolute Gasteiger partial charge is 0.344 e. The van der Waals surface area contributed by atoms with E-state index in [4.69, 9.17) is 37.1 Å². The number of anilines is 1. The minimum absolute atomic E-state index is 0.0606. The number of hydrogen-bond acceptors (Lipinski definition) is 6. The number of ketones is 1. The highest BCUT2D eigenvalue weighted by Gasteiger charge is 2.28. The number of halogens is 2. The van der Waals surface area contributed by atoms with Crippen molar-refractivity contribution in [1.82, 2.24) is 0 Å². The molecule has 27 heavy (non-hydrogen) atoms. The zero-order valence-corrected chi connectivity index (χ0v) is 16.4. The van der Waals surface area contributed by atoms with Crippen LogP contribution in [0.2, 0.25) is 10.0 Å². The third-order valence-corrected chi connectivity index (χ3v) is 3.95. The summed E-state index contributed by atoms with van der Waals surface area (Å²) in [6, 6.07) is 4.56. The molecule has 0 fully saturated rings. The minimum atomic E-state index is -0.767. The van der Waals surface area contributed by atoms with E-state index in [0.29, 0.717) is 5.02 Å². The molecule has 2 aromatic rings. The molecule has 0 atom stereocenters. The minimum Gasteiger partial charge on any atom is -0.482 e. The van der Waals surface area contributed by atoms with Crippen LogP contribution in [0, 0.1) is 6.92 Å². The Bertz CT molecular complexity index is 890. The quantitative estimate of drug-likeness (QED) is 0.537. The van der Waals surface area contributed by atoms with Gasteiger partial charge in [0, 0.05) is 5.02 Å². The van der Waals surface area contributed by atoms with Gasteiger partial charge in [0.25, 0.3) is 5.91 Å². The molecule has 144 valence electrons. The summed E-state index contributed by atoms with van der Waals surface area (Å²) in [7, 11) is 0. The third kappa shape index (κ3) is 5.02. The number of carbonyl (C=O) groups is 3. The van der Waals surface area contributed by atoms with E-state index in [1.54, 1.807) is 13.0 Å². The molecule has 0 aliphatic heterocycles. The Kier molecular flexibility index (Phi) is 6.87. The van der Waals surface area contributed by atoms with E-state index >= 15 is 0 Å². The molecule has 1 aromatic carbocycles. The van der Waals surface area contributed by atoms with E-state index in [9.17, 15) is 14.4 Å². The summed E-state index contributed by atoms with van der Waals surface area (Å²) in [4.78, 5) is 36.2. The Morgan fingerprint density at radius 3 is 2.48 bits per heavy atom. The van der Waals surface area contributed by atoms with E-state index in [1.165, 1.54) is 26.0 Å². The second-order valence-corrected chi connectivity index (χ2v) is 6.27. The molecule has 0 saturated carbocycles. The van der Waals surface area contributed by atoms with Crippen molar-refractivity contribution in [2.24, 2.45) is 0 Å². The number of nitrogens with one attached hydrogen (secondary N) is 1. The lowest BCUT2D eigenvalue weighted by molar-refractivity contribution is -0.118. The van der Waals surface area contributed by atoms with Crippen LogP contribution in [0.25, 0.3) is 0 Å². The summed E-state index contributed by atoms with van der Waals surface area (Å²) in [5.74, 6) is -1.48. The van der Waals surface area contributed by atoms with Crippen LogP contribution in [0.1, 0.15) is 40.3 Å². The largest absolute Gasteiger partial charge is 0.482 e. The van der Waals surface area contributed by atoms with Gasteiger partial charge in [0.1, 0.15) is 17.1 Å². The number of rotatable bonds is 7. The van der Waals surface area contributed by atoms with Gasteiger partial charge in [-0.05, 0) is 39.0 Å². The number of aryl methyl sites for hydroxylation is 1. The van der Waals surface area contributed by atoms with Gasteiger partial charge in [0.05, 0.1) is 17.2 Å². The number of Topliss-reactive ketones (excluding diaryl/α,β-unsaturated/α-hetero) is 1. The predicted molar refractivity (Wildman–Crippen MR) is 100.0 cm³/mol. The first-order valence-electron chi connectivity index (χ1n) is 7.93. The molecule has 1 amide bonds. The lowest BCUT2D eigenvalue weighted by atomic mass is 10.1. The van der Waals surface area contributed by atoms with E-state index in [1.807, 2.05) is 0 Å². The normalized spacial score (nSPS) is 10.4. The van der Waals surface area contributed by atoms with Gasteiger partial charge >= 0.3 is 5.97 Å². The topological polar surface area (TPSA) is 94.8 Å². The summed E-state index contributed by atoms with van der Waals surface area (Å²) in [6.45, 7) is 4.13. The van der Waals surface area contributed by atoms with Crippen molar-refractivity contribution >= 4 is 46.7 Å². The number of hydrogen-bond donors (Lipinski definition) is 1. The zero-order chi connectivity index (χ0) is 20.1. The molecule has 0 bridgehead atoms. The van der Waals surface area contributed by atoms with Crippen molar-refractivity contribution in [3.63, 3.8) is 0 Å². The fourth-order valence-electron chi connectivity index (χ4n) is 2.35. The van der Waals surface area contributed by atoms with Gasteiger partial charge in [-0.2, -0.15) is 0 Å². The van der Waals surface area contributed by atoms with Crippen LogP contribution in [-0.4, -0.2) is 30.9 Å². The highest BCUT2D eigenvalue weighted by atomic mass is 35.5. The van der Waals surface area contributed by atoms with E-state index in [2.05, 4.69) is 5.32 Å². The highest BCUT2D eigenvalue weighted by molar-refractivity contribution is 6.35. The molecule has 0 aliphatic carbocycles. The van der Waals surface area contributed by atoms with Gasteiger partial charge in [0.2, 0.25) is 5.88 Å². The third-order valence-electron chi connectivity index (χ3n) is 3.42. The number of benzene rings is 1. The first-order chi connectivity index (χ1) is 12.7. The SMILES string of the molecule is CCOC(=O)c1c(NC(=O)COc2ccc(Cl)cc2Cl)oc(C)c1C(C)=O. The van der Waals surface area contributed by atoms with Gasteiger partial charge in [0.15, 0.2) is 12.4 Å². The van der Waals surface area contributed by atoms with Crippen LogP contribution in [-0.2, 0) is 9.53 Å². The zero-order valence-electron chi connectivity index (χ0n) is 14.9. The molecule has 1 N–H and O–H groups in total. The van der Waals surface area contributed by atoms with Gasteiger partial charge in [-0.25, -0.2) is 4.79 Å². The van der Waals surface area contributed by atoms with Crippen LogP contribution in [0.3, 0.4) is 0 Å². The van der Waals surface area contributed by atoms with E-state index in [-0.39, 0.29) is 45.9 Å². The maximum atomic E-state index is 12.2. The Morgan fingerprint density at radius 2 is 1.89 bits per heavy atom. The van der Waals surface area contributed by atoms with E-state index in [0.717, 1.165) is 0 Å². The number of ether oxygens (including phenoxy) is 2. The Morgan fingerprint density at radius 1 is 1.19 bits per heavy atom. The van der Waals surface area contributed by atoms with Crippen molar-refractivity contribution in [2.45, 2.75) is 20.8 Å². The molecule has 7 nitrogen and oxygen atoms in total. The average molecular weight is 414 g/mol. The van der Waals surface area contributed by atoms with Crippen molar-refractivity contribution < 1.29 is 28.3 Å². The molecule has 1 heterocycles. The molecule has 1 aromatic heterocycles. The average Bonchev–Trinajstić information content (AvgIpc) is 2.90. The van der Waals surface area contributed by atoms with Crippen LogP contribution in [0.5, 0.6) is 5.75 Å². The van der Waals surface area contributed by atoms with Crippen molar-refractivity contribution in [3.8, 4) is 5.75 Å². The first kappa shape index (κ1) is 20.8. The van der Waals surface area contributed by atoms with Crippen LogP contribution >= 0.6 is 23.2 Å². The fraction of sp³-hybridized carbons (Fsp3) is 0.278. The van der Waals surface area contributed by atoms with E-state index < -0.39 is 18.5 Å². The van der Waals surface area contributed by atoms with Crippen LogP contribution in [0.15, 0.2) is 22.6 Å². The van der Waals surface area contributed by atoms with Crippen molar-refractivity contribution in [1.29, 1.82) is 0 Å². The fourth-order valence-corrected chi connectivity index (χ4v) is 2.82. The Labute approximate surface area is 165 Å². The first-order valence-corrected chi connectivity index (χ1v) is 8.69. The molecule has 0 saturated heterocycles. The van der Waals surface area contributed by atoms with Gasteiger partial charge in [-0.3, -0.25) is 14.9 Å². The second-order valence-electron chi connectivity index (χ2n) is 5.43. The molecule has 0 aliphatic rings. The molecule has 2 rings (SSSR count). The summed E-state index contributed by atoms with van der Waals surface area (Å²) in [5, 5.41) is 3.09. The highest BCUT2D eigenvalue weighted by Crippen LogP contribution is 2.29. The maximum Gasteiger partial charge on any atom is 0.344 e. The monoisotopic (exact) mass is 413 g/mol. The van der Waals surface area contributed by atoms with Gasteiger partial charge in [-0.15, -0.1) is 0 Å². The van der Waals surface area contributed by atoms with Gasteiger partial charge in [-0.1, -0.05) is 23.2 Å². The summed E-state index contributed by atoms with van der Waals surface area (Å²) in [5.41, 5.74) is -0.0647. The molecule has 0 unspecified atom stereocenters. The van der Waals surface area contributed by atoms with Crippen molar-refractivity contribution in [2.75, 3.05) is 18.5 Å². The second kappa shape index (κ2) is 8.92.